The monoisotopic (exact) mass is 288 g/mol. The molecule has 0 spiro atoms. The van der Waals surface area contributed by atoms with E-state index >= 15 is 0 Å². The third-order valence-corrected chi connectivity index (χ3v) is 4.77. The van der Waals surface area contributed by atoms with Crippen LogP contribution in [0.4, 0.5) is 5.69 Å². The summed E-state index contributed by atoms with van der Waals surface area (Å²) in [4.78, 5) is 11.9. The summed E-state index contributed by atoms with van der Waals surface area (Å²) < 4.78 is 0. The number of hydrogen-bond acceptors (Lipinski definition) is 4. The van der Waals surface area contributed by atoms with Gasteiger partial charge in [0.05, 0.1) is 17.6 Å². The zero-order valence-electron chi connectivity index (χ0n) is 13.6. The molecule has 0 unspecified atom stereocenters. The first kappa shape index (κ1) is 14.8. The Morgan fingerprint density at radius 1 is 1.24 bits per heavy atom. The van der Waals surface area contributed by atoms with E-state index in [0.717, 1.165) is 12.4 Å². The summed E-state index contributed by atoms with van der Waals surface area (Å²) in [5.41, 5.74) is 2.40. The van der Waals surface area contributed by atoms with Crippen LogP contribution in [0, 0.1) is 0 Å². The molecular formula is C17H28N4. The first-order valence-corrected chi connectivity index (χ1v) is 8.47. The van der Waals surface area contributed by atoms with Gasteiger partial charge in [-0.3, -0.25) is 0 Å². The number of nitrogens with zero attached hydrogens (tertiary/aromatic N) is 3. The molecule has 2 fully saturated rings. The minimum Gasteiger partial charge on any atom is -0.369 e. The zero-order chi connectivity index (χ0) is 14.8. The van der Waals surface area contributed by atoms with Crippen molar-refractivity contribution in [3.63, 3.8) is 0 Å². The highest BCUT2D eigenvalue weighted by Crippen LogP contribution is 2.29. The van der Waals surface area contributed by atoms with Gasteiger partial charge >= 0.3 is 0 Å². The summed E-state index contributed by atoms with van der Waals surface area (Å²) in [6, 6.07) is 1.38. The van der Waals surface area contributed by atoms with Gasteiger partial charge in [0.25, 0.3) is 0 Å². The Bertz CT molecular complexity index is 476. The molecule has 3 rings (SSSR count). The lowest BCUT2D eigenvalue weighted by Gasteiger charge is -2.28. The van der Waals surface area contributed by atoms with Crippen LogP contribution in [0.2, 0.25) is 0 Å². The first-order chi connectivity index (χ1) is 10.1. The highest BCUT2D eigenvalue weighted by atomic mass is 15.2. The molecule has 0 aliphatic heterocycles. The van der Waals surface area contributed by atoms with Crippen LogP contribution in [-0.2, 0) is 6.54 Å². The average molecular weight is 288 g/mol. The molecule has 116 valence electrons. The average Bonchev–Trinajstić information content (AvgIpc) is 3.15. The lowest BCUT2D eigenvalue weighted by molar-refractivity contribution is 0.625. The second kappa shape index (κ2) is 6.30. The maximum Gasteiger partial charge on any atom is 0.131 e. The Morgan fingerprint density at radius 3 is 2.57 bits per heavy atom. The van der Waals surface area contributed by atoms with Gasteiger partial charge in [0.15, 0.2) is 0 Å². The molecule has 21 heavy (non-hydrogen) atoms. The van der Waals surface area contributed by atoms with Gasteiger partial charge in [-0.1, -0.05) is 26.7 Å². The fourth-order valence-corrected chi connectivity index (χ4v) is 3.15. The van der Waals surface area contributed by atoms with Gasteiger partial charge in [0, 0.05) is 31.6 Å². The summed E-state index contributed by atoms with van der Waals surface area (Å²) in [6.07, 6.45) is 10.00. The van der Waals surface area contributed by atoms with Gasteiger partial charge in [-0.15, -0.1) is 0 Å². The van der Waals surface area contributed by atoms with Crippen LogP contribution >= 0.6 is 0 Å². The van der Waals surface area contributed by atoms with Crippen molar-refractivity contribution in [2.45, 2.75) is 76.9 Å². The maximum absolute atomic E-state index is 4.85. The Hall–Kier alpha value is -1.16. The summed E-state index contributed by atoms with van der Waals surface area (Å²) in [7, 11) is 2.21. The van der Waals surface area contributed by atoms with Gasteiger partial charge < -0.3 is 10.2 Å². The lowest BCUT2D eigenvalue weighted by Crippen LogP contribution is -2.31. The molecule has 0 bridgehead atoms. The molecule has 1 N–H and O–H groups in total. The van der Waals surface area contributed by atoms with Crippen molar-refractivity contribution >= 4 is 5.69 Å². The van der Waals surface area contributed by atoms with Crippen molar-refractivity contribution in [2.24, 2.45) is 0 Å². The van der Waals surface area contributed by atoms with E-state index in [2.05, 4.69) is 36.1 Å². The second-order valence-electron chi connectivity index (χ2n) is 6.92. The molecule has 1 heterocycles. The Morgan fingerprint density at radius 2 is 1.95 bits per heavy atom. The minimum absolute atomic E-state index is 0.385. The highest BCUT2D eigenvalue weighted by molar-refractivity contribution is 5.49. The Kier molecular flexibility index (Phi) is 4.43. The molecule has 0 radical (unpaired) electrons. The number of anilines is 1. The van der Waals surface area contributed by atoms with Crippen LogP contribution in [0.1, 0.15) is 69.8 Å². The molecule has 0 amide bonds. The topological polar surface area (TPSA) is 41.1 Å². The summed E-state index contributed by atoms with van der Waals surface area (Å²) >= 11 is 0. The fraction of sp³-hybridized carbons (Fsp3) is 0.765. The summed E-state index contributed by atoms with van der Waals surface area (Å²) in [5, 5.41) is 3.61. The van der Waals surface area contributed by atoms with E-state index in [1.165, 1.54) is 49.9 Å². The van der Waals surface area contributed by atoms with E-state index in [1.807, 2.05) is 6.20 Å². The van der Waals surface area contributed by atoms with Gasteiger partial charge in [-0.2, -0.15) is 0 Å². The van der Waals surface area contributed by atoms with Crippen LogP contribution in [0.5, 0.6) is 0 Å². The highest BCUT2D eigenvalue weighted by Gasteiger charge is 2.25. The summed E-state index contributed by atoms with van der Waals surface area (Å²) in [5.74, 6) is 1.35. The van der Waals surface area contributed by atoms with Gasteiger partial charge in [0.1, 0.15) is 5.82 Å². The first-order valence-electron chi connectivity index (χ1n) is 8.47. The van der Waals surface area contributed by atoms with Gasteiger partial charge in [0.2, 0.25) is 0 Å². The van der Waals surface area contributed by atoms with E-state index in [0.29, 0.717) is 18.0 Å². The molecule has 2 aliphatic rings. The Balaban J connectivity index is 1.81. The molecule has 4 nitrogen and oxygen atoms in total. The van der Waals surface area contributed by atoms with E-state index in [1.54, 1.807) is 0 Å². The third kappa shape index (κ3) is 3.54. The van der Waals surface area contributed by atoms with Crippen LogP contribution in [0.25, 0.3) is 0 Å². The molecular weight excluding hydrogens is 260 g/mol. The standard InChI is InChI=1S/C17H28N4/c1-12(2)17-19-11-16(21(3)14-6-4-5-7-14)15(20-17)10-18-13-8-9-13/h11-14,18H,4-10H2,1-3H3. The van der Waals surface area contributed by atoms with Gasteiger partial charge in [-0.05, 0) is 25.7 Å². The molecule has 2 aliphatic carbocycles. The minimum atomic E-state index is 0.385. The normalized spacial score (nSPS) is 19.4. The number of rotatable bonds is 6. The smallest absolute Gasteiger partial charge is 0.131 e. The fourth-order valence-electron chi connectivity index (χ4n) is 3.15. The van der Waals surface area contributed by atoms with Crippen molar-refractivity contribution in [3.8, 4) is 0 Å². The van der Waals surface area contributed by atoms with Crippen LogP contribution < -0.4 is 10.2 Å². The van der Waals surface area contributed by atoms with Crippen molar-refractivity contribution in [2.75, 3.05) is 11.9 Å². The molecule has 0 aromatic carbocycles. The quantitative estimate of drug-likeness (QED) is 0.872. The van der Waals surface area contributed by atoms with Crippen molar-refractivity contribution in [1.29, 1.82) is 0 Å². The second-order valence-corrected chi connectivity index (χ2v) is 6.92. The van der Waals surface area contributed by atoms with Gasteiger partial charge in [-0.25, -0.2) is 9.97 Å². The number of aromatic nitrogens is 2. The van der Waals surface area contributed by atoms with E-state index in [-0.39, 0.29) is 0 Å². The summed E-state index contributed by atoms with van der Waals surface area (Å²) in [6.45, 7) is 5.20. The number of nitrogens with one attached hydrogen (secondary N) is 1. The van der Waals surface area contributed by atoms with Crippen LogP contribution in [0.15, 0.2) is 6.20 Å². The predicted molar refractivity (Wildman–Crippen MR) is 86.6 cm³/mol. The number of hydrogen-bond donors (Lipinski definition) is 1. The van der Waals surface area contributed by atoms with Crippen molar-refractivity contribution in [1.82, 2.24) is 15.3 Å². The molecule has 1 aromatic rings. The van der Waals surface area contributed by atoms with Crippen LogP contribution in [0.3, 0.4) is 0 Å². The maximum atomic E-state index is 4.85. The largest absolute Gasteiger partial charge is 0.369 e. The zero-order valence-corrected chi connectivity index (χ0v) is 13.6. The van der Waals surface area contributed by atoms with Crippen molar-refractivity contribution < 1.29 is 0 Å². The van der Waals surface area contributed by atoms with E-state index < -0.39 is 0 Å². The van der Waals surface area contributed by atoms with E-state index in [4.69, 9.17) is 4.98 Å². The Labute approximate surface area is 128 Å². The molecule has 1 aromatic heterocycles. The van der Waals surface area contributed by atoms with Crippen LogP contribution in [-0.4, -0.2) is 29.1 Å². The molecule has 4 heteroatoms. The molecule has 0 saturated heterocycles. The molecule has 2 saturated carbocycles. The van der Waals surface area contributed by atoms with Crippen molar-refractivity contribution in [3.05, 3.63) is 17.7 Å². The third-order valence-electron chi connectivity index (χ3n) is 4.77. The SMILES string of the molecule is CC(C)c1ncc(N(C)C2CCCC2)c(CNC2CC2)n1. The lowest BCUT2D eigenvalue weighted by atomic mass is 10.1. The molecule has 0 atom stereocenters. The predicted octanol–water partition coefficient (Wildman–Crippen LogP) is 3.23. The van der Waals surface area contributed by atoms with E-state index in [9.17, 15) is 0 Å².